The minimum atomic E-state index is -2.38. The van der Waals surface area contributed by atoms with Crippen LogP contribution in [0, 0.1) is 17.8 Å². The number of carboxylic acids is 1. The Bertz CT molecular complexity index is 1960. The molecule has 3 heterocycles. The van der Waals surface area contributed by atoms with Crippen molar-refractivity contribution in [3.05, 3.63) is 85.1 Å². The number of hydrogen-bond donors (Lipinski definition) is 13. The van der Waals surface area contributed by atoms with E-state index in [0.29, 0.717) is 19.0 Å². The number of cyclic esters (lactones) is 1. The highest BCUT2D eigenvalue weighted by Gasteiger charge is 2.51. The molecule has 2 bridgehead atoms. The van der Waals surface area contributed by atoms with E-state index in [2.05, 4.69) is 15.6 Å². The van der Waals surface area contributed by atoms with E-state index in [4.69, 9.17) is 18.9 Å². The average molecular weight is 1080 g/mol. The van der Waals surface area contributed by atoms with Crippen LogP contribution in [0.25, 0.3) is 0 Å². The molecule has 0 amide bonds. The van der Waals surface area contributed by atoms with Crippen molar-refractivity contribution in [3.8, 4) is 0 Å². The van der Waals surface area contributed by atoms with E-state index in [1.54, 1.807) is 75.5 Å². The highest BCUT2D eigenvalue weighted by molar-refractivity contribution is 5.80. The molecule has 2 saturated heterocycles. The molecule has 0 aromatic rings. The summed E-state index contributed by atoms with van der Waals surface area (Å²) < 4.78 is 23.9. The predicted molar refractivity (Wildman–Crippen MR) is 285 cm³/mol. The molecule has 432 valence electrons. The van der Waals surface area contributed by atoms with Crippen LogP contribution in [0.1, 0.15) is 92.4 Å². The lowest BCUT2D eigenvalue weighted by Gasteiger charge is -2.45. The summed E-state index contributed by atoms with van der Waals surface area (Å²) in [7, 11) is 3.90. The maximum absolute atomic E-state index is 12.7. The van der Waals surface area contributed by atoms with Crippen LogP contribution in [0.5, 0.6) is 0 Å². The van der Waals surface area contributed by atoms with Gasteiger partial charge in [-0.15, -0.1) is 0 Å². The topological polar surface area (TPSA) is 333 Å². The van der Waals surface area contributed by atoms with Crippen molar-refractivity contribution < 1.29 is 84.7 Å². The Balaban J connectivity index is 1.94. The van der Waals surface area contributed by atoms with Crippen LogP contribution in [-0.4, -0.2) is 210 Å². The van der Waals surface area contributed by atoms with Crippen LogP contribution in [0.2, 0.25) is 0 Å². The van der Waals surface area contributed by atoms with Gasteiger partial charge >= 0.3 is 11.9 Å². The summed E-state index contributed by atoms with van der Waals surface area (Å²) in [6.45, 7) is 10.4. The number of aliphatic imine (C=N–C) groups is 1. The molecule has 0 spiro atoms. The van der Waals surface area contributed by atoms with Gasteiger partial charge < -0.3 is 90.7 Å². The van der Waals surface area contributed by atoms with Crippen LogP contribution >= 0.6 is 0 Å². The van der Waals surface area contributed by atoms with E-state index >= 15 is 0 Å². The van der Waals surface area contributed by atoms with Gasteiger partial charge in [0.05, 0.1) is 73.5 Å². The monoisotopic (exact) mass is 1080 g/mol. The summed E-state index contributed by atoms with van der Waals surface area (Å²) in [6, 6.07) is -1.06. The number of aliphatic hydroxyl groups is 10. The molecule has 0 radical (unpaired) electrons. The third-order valence-electron chi connectivity index (χ3n) is 13.7. The number of hydrogen-bond acceptors (Lipinski definition) is 18. The number of nitrogens with zero attached hydrogens (tertiary/aromatic N) is 2. The van der Waals surface area contributed by atoms with Gasteiger partial charge in [-0.25, -0.2) is 0 Å². The Labute approximate surface area is 448 Å². The first kappa shape index (κ1) is 66.1. The zero-order valence-electron chi connectivity index (χ0n) is 45.2. The first-order valence-corrected chi connectivity index (χ1v) is 26.6. The second-order valence-corrected chi connectivity index (χ2v) is 20.6. The van der Waals surface area contributed by atoms with E-state index in [9.17, 15) is 65.8 Å². The van der Waals surface area contributed by atoms with Gasteiger partial charge in [0.15, 0.2) is 18.0 Å². The SMILES string of the molecule is CCNC(=NCCCN(C)C)N[C@@H]1[C@H](O)[C@@H](O[C@H]2/C=C/C=C/C=C/C=C/C=C/C=C/C=C/[C@H](C)[C@@H](O)[C@@H](C)[C@H](C)OC(=O)CC(O)CC(O)CC(O)CCC(O)C(O)C[C@]3(O)CC(O)C(C(=O)O)C(C2)O3)O[C@H](C)[C@@H]1O. The van der Waals surface area contributed by atoms with Crippen molar-refractivity contribution in [2.24, 2.45) is 22.7 Å². The molecule has 0 aliphatic carbocycles. The smallest absolute Gasteiger partial charge is 0.311 e. The zero-order chi connectivity index (χ0) is 56.5. The third-order valence-corrected chi connectivity index (χ3v) is 13.7. The van der Waals surface area contributed by atoms with Crippen LogP contribution in [0.15, 0.2) is 90.1 Å². The standard InChI is InChI=1S/C55H90N4O17/c1-8-56-54(57-26-21-27-59(6)7)58-48-50(68)37(5)74-53(51(48)69)75-41-23-20-18-16-14-12-10-9-11-13-15-17-19-22-34(2)49(67)35(3)36(4)73-46(66)30-40(62)29-39(61)28-38(60)24-25-42(63)43(64)32-55(72)33-44(65)47(52(70)71)45(31-41)76-55/h9-20,22-23,34-45,47-51,53,60-65,67-69,72H,8,21,24-33H2,1-7H3,(H,70,71)(H2,56,57,58)/b10-9+,13-11+,14-12+,17-15+,18-16+,22-19+,23-20+/t34-,35-,36-,37+,38?,39?,40?,41-,42?,43?,44?,45?,47?,48-,49+,50-,51-,53+,55+/m0/s1. The molecular formula is C55H90N4O17. The van der Waals surface area contributed by atoms with Gasteiger partial charge in [0, 0.05) is 44.2 Å². The predicted octanol–water partition coefficient (Wildman–Crippen LogP) is 1.26. The molecule has 21 heteroatoms. The Hall–Kier alpha value is -4.17. The van der Waals surface area contributed by atoms with Gasteiger partial charge in [0.25, 0.3) is 0 Å². The van der Waals surface area contributed by atoms with Crippen LogP contribution in [0.4, 0.5) is 0 Å². The van der Waals surface area contributed by atoms with Gasteiger partial charge in [0.2, 0.25) is 0 Å². The number of rotatable bonds is 9. The van der Waals surface area contributed by atoms with Gasteiger partial charge in [-0.1, -0.05) is 98.9 Å². The number of carbonyl (C=O) groups is 2. The lowest BCUT2D eigenvalue weighted by molar-refractivity contribution is -0.310. The minimum Gasteiger partial charge on any atom is -0.481 e. The van der Waals surface area contributed by atoms with Crippen molar-refractivity contribution in [1.29, 1.82) is 0 Å². The quantitative estimate of drug-likeness (QED) is 0.0669. The molecule has 3 rings (SSSR count). The number of ether oxygens (including phenoxy) is 4. The maximum atomic E-state index is 12.7. The minimum absolute atomic E-state index is 0.148. The summed E-state index contributed by atoms with van der Waals surface area (Å²) in [4.78, 5) is 32.1. The zero-order valence-corrected chi connectivity index (χ0v) is 45.2. The number of carbonyl (C=O) groups excluding carboxylic acids is 1. The van der Waals surface area contributed by atoms with Crippen molar-refractivity contribution in [2.45, 2.75) is 190 Å². The van der Waals surface area contributed by atoms with Crippen LogP contribution < -0.4 is 10.6 Å². The van der Waals surface area contributed by atoms with Crippen LogP contribution in [-0.2, 0) is 28.5 Å². The fraction of sp³-hybridized carbons (Fsp3) is 0.691. The number of carboxylic acid groups (broad SMARTS) is 1. The number of aliphatic hydroxyl groups excluding tert-OH is 9. The van der Waals surface area contributed by atoms with E-state index in [1.807, 2.05) is 63.2 Å². The van der Waals surface area contributed by atoms with Crippen molar-refractivity contribution in [3.63, 3.8) is 0 Å². The Morgan fingerprint density at radius 1 is 0.737 bits per heavy atom. The molecule has 76 heavy (non-hydrogen) atoms. The lowest BCUT2D eigenvalue weighted by atomic mass is 9.82. The van der Waals surface area contributed by atoms with Crippen LogP contribution in [0.3, 0.4) is 0 Å². The number of aliphatic carboxylic acids is 1. The first-order chi connectivity index (χ1) is 35.9. The molecule has 0 aromatic carbocycles. The summed E-state index contributed by atoms with van der Waals surface area (Å²) >= 11 is 0. The second-order valence-electron chi connectivity index (χ2n) is 20.6. The summed E-state index contributed by atoms with van der Waals surface area (Å²) in [6.07, 6.45) is 4.09. The highest BCUT2D eigenvalue weighted by atomic mass is 16.7. The normalized spacial score (nSPS) is 40.9. The van der Waals surface area contributed by atoms with E-state index in [-0.39, 0.29) is 38.0 Å². The van der Waals surface area contributed by atoms with Gasteiger partial charge in [-0.3, -0.25) is 14.6 Å². The molecule has 19 atom stereocenters. The van der Waals surface area contributed by atoms with Gasteiger partial charge in [-0.05, 0) is 73.5 Å². The number of allylic oxidation sites excluding steroid dienone is 12. The van der Waals surface area contributed by atoms with Gasteiger partial charge in [0.1, 0.15) is 24.2 Å². The maximum Gasteiger partial charge on any atom is 0.311 e. The third kappa shape index (κ3) is 23.4. The number of fused-ring (bicyclic) bond motifs is 2. The summed E-state index contributed by atoms with van der Waals surface area (Å²) in [5.74, 6) is -6.61. The second kappa shape index (κ2) is 34.0. The lowest BCUT2D eigenvalue weighted by Crippen LogP contribution is -2.65. The number of guanidine groups is 1. The van der Waals surface area contributed by atoms with Crippen molar-refractivity contribution in [2.75, 3.05) is 33.7 Å². The Morgan fingerprint density at radius 3 is 1.91 bits per heavy atom. The molecule has 3 aliphatic heterocycles. The van der Waals surface area contributed by atoms with E-state index in [1.165, 1.54) is 0 Å². The Morgan fingerprint density at radius 2 is 1.32 bits per heavy atom. The largest absolute Gasteiger partial charge is 0.481 e. The van der Waals surface area contributed by atoms with Gasteiger partial charge in [-0.2, -0.15) is 0 Å². The Kier molecular flexibility index (Phi) is 29.6. The van der Waals surface area contributed by atoms with E-state index < -0.39 is 141 Å². The van der Waals surface area contributed by atoms with Crippen molar-refractivity contribution in [1.82, 2.24) is 15.5 Å². The molecule has 0 saturated carbocycles. The first-order valence-electron chi connectivity index (χ1n) is 26.6. The molecular weight excluding hydrogens is 989 g/mol. The summed E-state index contributed by atoms with van der Waals surface area (Å²) in [5, 5.41) is 128. The molecule has 2 fully saturated rings. The van der Waals surface area contributed by atoms with E-state index in [0.717, 1.165) is 13.0 Å². The molecule has 13 N–H and O–H groups in total. The highest BCUT2D eigenvalue weighted by Crippen LogP contribution is 2.38. The number of nitrogens with one attached hydrogen (secondary N) is 2. The van der Waals surface area contributed by atoms with Crippen molar-refractivity contribution >= 4 is 17.9 Å². The molecule has 8 unspecified atom stereocenters. The molecule has 0 aromatic heterocycles. The molecule has 21 nitrogen and oxygen atoms in total. The summed E-state index contributed by atoms with van der Waals surface area (Å²) in [5.41, 5.74) is 0. The fourth-order valence-corrected chi connectivity index (χ4v) is 9.15. The average Bonchev–Trinajstić information content (AvgIpc) is 3.33. The fourth-order valence-electron chi connectivity index (χ4n) is 9.15. The molecule has 3 aliphatic rings. The number of esters is 1.